The van der Waals surface area contributed by atoms with E-state index in [4.69, 9.17) is 27.9 Å². The molecule has 1 aromatic heterocycles. The van der Waals surface area contributed by atoms with Crippen LogP contribution in [0.4, 0.5) is 18.9 Å². The summed E-state index contributed by atoms with van der Waals surface area (Å²) >= 11 is 11.8. The van der Waals surface area contributed by atoms with Crippen LogP contribution in [0.2, 0.25) is 10.0 Å². The molecule has 0 spiro atoms. The molecule has 0 fully saturated rings. The van der Waals surface area contributed by atoms with Gasteiger partial charge in [0.1, 0.15) is 6.54 Å². The Morgan fingerprint density at radius 3 is 2.38 bits per heavy atom. The average molecular weight is 446 g/mol. The quantitative estimate of drug-likeness (QED) is 0.584. The normalized spacial score (nSPS) is 11.5. The topological polar surface area (TPSA) is 73.2 Å². The van der Waals surface area contributed by atoms with Crippen LogP contribution in [0.3, 0.4) is 0 Å². The molecule has 0 atom stereocenters. The number of halogens is 5. The molecule has 3 aromatic rings. The minimum atomic E-state index is -4.77. The van der Waals surface area contributed by atoms with E-state index < -0.39 is 37.0 Å². The van der Waals surface area contributed by atoms with E-state index in [1.54, 1.807) is 6.07 Å². The molecule has 29 heavy (non-hydrogen) atoms. The van der Waals surface area contributed by atoms with Crippen LogP contribution >= 0.6 is 23.2 Å². The van der Waals surface area contributed by atoms with Gasteiger partial charge in [0, 0.05) is 0 Å². The van der Waals surface area contributed by atoms with Gasteiger partial charge in [-0.25, -0.2) is 4.98 Å². The Morgan fingerprint density at radius 1 is 1.07 bits per heavy atom. The Balaban J connectivity index is 1.69. The third kappa shape index (κ3) is 4.80. The maximum absolute atomic E-state index is 13.2. The van der Waals surface area contributed by atoms with E-state index in [9.17, 15) is 22.8 Å². The Hall–Kier alpha value is -2.78. The lowest BCUT2D eigenvalue weighted by molar-refractivity contribution is -0.152. The highest BCUT2D eigenvalue weighted by Crippen LogP contribution is 2.32. The molecule has 6 nitrogen and oxygen atoms in total. The Bertz CT molecular complexity index is 1060. The van der Waals surface area contributed by atoms with Gasteiger partial charge in [-0.3, -0.25) is 9.59 Å². The van der Waals surface area contributed by atoms with E-state index in [-0.39, 0.29) is 26.8 Å². The minimum absolute atomic E-state index is 0.0822. The van der Waals surface area contributed by atoms with Crippen LogP contribution < -0.4 is 5.32 Å². The van der Waals surface area contributed by atoms with Crippen LogP contribution in [0, 0.1) is 0 Å². The molecule has 11 heteroatoms. The zero-order chi connectivity index (χ0) is 21.2. The van der Waals surface area contributed by atoms with Gasteiger partial charge in [0.15, 0.2) is 6.61 Å². The third-order valence-corrected chi connectivity index (χ3v) is 4.42. The number of nitrogens with zero attached hydrogens (tertiary/aromatic N) is 2. The number of carbonyl (C=O) groups excluding carboxylic acids is 2. The van der Waals surface area contributed by atoms with Crippen LogP contribution in [0.1, 0.15) is 5.82 Å². The fraction of sp³-hybridized carbons (Fsp3) is 0.167. The van der Waals surface area contributed by atoms with Crippen LogP contribution in [0.5, 0.6) is 0 Å². The van der Waals surface area contributed by atoms with Gasteiger partial charge in [-0.2, -0.15) is 13.2 Å². The smallest absolute Gasteiger partial charge is 0.449 e. The molecule has 152 valence electrons. The number of benzene rings is 2. The van der Waals surface area contributed by atoms with Gasteiger partial charge < -0.3 is 14.6 Å². The van der Waals surface area contributed by atoms with Crippen molar-refractivity contribution in [2.45, 2.75) is 12.7 Å². The number of fused-ring (bicyclic) bond motifs is 1. The van der Waals surface area contributed by atoms with Gasteiger partial charge in [-0.15, -0.1) is 0 Å². The number of imidazole rings is 1. The summed E-state index contributed by atoms with van der Waals surface area (Å²) in [4.78, 5) is 27.5. The van der Waals surface area contributed by atoms with E-state index in [0.29, 0.717) is 4.57 Å². The molecule has 1 heterocycles. The largest absolute Gasteiger partial charge is 0.454 e. The van der Waals surface area contributed by atoms with E-state index in [2.05, 4.69) is 10.3 Å². The average Bonchev–Trinajstić information content (AvgIpc) is 3.02. The van der Waals surface area contributed by atoms with Crippen LogP contribution in [-0.2, 0) is 27.0 Å². The monoisotopic (exact) mass is 445 g/mol. The van der Waals surface area contributed by atoms with E-state index in [0.717, 1.165) is 0 Å². The summed E-state index contributed by atoms with van der Waals surface area (Å²) in [5.74, 6) is -3.03. The summed E-state index contributed by atoms with van der Waals surface area (Å²) in [6.45, 7) is -1.50. The zero-order valence-electron chi connectivity index (χ0n) is 14.5. The number of anilines is 1. The highest BCUT2D eigenvalue weighted by atomic mass is 35.5. The van der Waals surface area contributed by atoms with E-state index >= 15 is 0 Å². The van der Waals surface area contributed by atoms with E-state index in [1.165, 1.54) is 36.4 Å². The second-order valence-corrected chi connectivity index (χ2v) is 6.63. The van der Waals surface area contributed by atoms with Crippen molar-refractivity contribution in [3.8, 4) is 0 Å². The molecule has 0 bridgehead atoms. The highest BCUT2D eigenvalue weighted by Gasteiger charge is 2.38. The number of aromatic nitrogens is 2. The molecule has 2 aromatic carbocycles. The third-order valence-electron chi connectivity index (χ3n) is 3.79. The molecule has 0 aliphatic rings. The van der Waals surface area contributed by atoms with Crippen molar-refractivity contribution >= 4 is 51.8 Å². The molecular formula is C18H12Cl2F3N3O3. The Morgan fingerprint density at radius 2 is 1.72 bits per heavy atom. The summed E-state index contributed by atoms with van der Waals surface area (Å²) in [7, 11) is 0. The summed E-state index contributed by atoms with van der Waals surface area (Å²) in [5, 5.41) is 2.73. The molecule has 3 rings (SSSR count). The molecule has 0 saturated heterocycles. The van der Waals surface area contributed by atoms with Gasteiger partial charge in [-0.05, 0) is 24.3 Å². The van der Waals surface area contributed by atoms with Crippen molar-refractivity contribution in [3.63, 3.8) is 0 Å². The lowest BCUT2D eigenvalue weighted by Crippen LogP contribution is -2.25. The number of hydrogen-bond acceptors (Lipinski definition) is 4. The molecular weight excluding hydrogens is 434 g/mol. The number of amides is 1. The predicted molar refractivity (Wildman–Crippen MR) is 101 cm³/mol. The lowest BCUT2D eigenvalue weighted by Gasteiger charge is -2.12. The first kappa shape index (κ1) is 20.9. The highest BCUT2D eigenvalue weighted by molar-refractivity contribution is 6.39. The molecule has 1 amide bonds. The molecule has 0 radical (unpaired) electrons. The van der Waals surface area contributed by atoms with Crippen LogP contribution in [-0.4, -0.2) is 28.0 Å². The van der Waals surface area contributed by atoms with Crippen molar-refractivity contribution in [2.24, 2.45) is 0 Å². The minimum Gasteiger partial charge on any atom is -0.454 e. The first-order valence-electron chi connectivity index (χ1n) is 8.09. The number of rotatable bonds is 5. The van der Waals surface area contributed by atoms with E-state index in [1.807, 2.05) is 0 Å². The van der Waals surface area contributed by atoms with Crippen molar-refractivity contribution in [3.05, 3.63) is 58.3 Å². The number of carbonyl (C=O) groups is 2. The van der Waals surface area contributed by atoms with Gasteiger partial charge in [-0.1, -0.05) is 41.4 Å². The number of nitrogens with one attached hydrogen (secondary N) is 1. The summed E-state index contributed by atoms with van der Waals surface area (Å²) in [5.41, 5.74) is 0.333. The number of hydrogen-bond donors (Lipinski definition) is 1. The van der Waals surface area contributed by atoms with Gasteiger partial charge in [0.2, 0.25) is 5.82 Å². The SMILES string of the molecule is O=C(COC(=O)Cn1c(C(F)(F)F)nc2ccccc21)Nc1c(Cl)cccc1Cl. The number of esters is 1. The fourth-order valence-electron chi connectivity index (χ4n) is 2.57. The molecule has 0 saturated carbocycles. The standard InChI is InChI=1S/C18H12Cl2F3N3O3/c19-10-4-3-5-11(20)16(10)25-14(27)9-29-15(28)8-26-13-7-2-1-6-12(13)24-17(26)18(21,22)23/h1-7H,8-9H2,(H,25,27). The lowest BCUT2D eigenvalue weighted by atomic mass is 10.3. The van der Waals surface area contributed by atoms with Crippen molar-refractivity contribution in [2.75, 3.05) is 11.9 Å². The first-order chi connectivity index (χ1) is 13.7. The molecule has 1 N–H and O–H groups in total. The summed E-state index contributed by atoms with van der Waals surface area (Å²) in [6, 6.07) is 10.4. The number of alkyl halides is 3. The van der Waals surface area contributed by atoms with Crippen molar-refractivity contribution in [1.29, 1.82) is 0 Å². The Labute approximate surface area is 172 Å². The van der Waals surface area contributed by atoms with Gasteiger partial charge in [0.25, 0.3) is 5.91 Å². The predicted octanol–water partition coefficient (Wildman–Crippen LogP) is 4.54. The zero-order valence-corrected chi connectivity index (χ0v) is 16.0. The number of para-hydroxylation sites is 3. The summed E-state index contributed by atoms with van der Waals surface area (Å²) in [6.07, 6.45) is -4.77. The van der Waals surface area contributed by atoms with Crippen molar-refractivity contribution < 1.29 is 27.5 Å². The second kappa shape index (κ2) is 8.30. The van der Waals surface area contributed by atoms with Gasteiger partial charge >= 0.3 is 12.1 Å². The maximum Gasteiger partial charge on any atom is 0.449 e. The first-order valence-corrected chi connectivity index (χ1v) is 8.84. The summed E-state index contributed by atoms with van der Waals surface area (Å²) < 4.78 is 45.2. The molecule has 0 aliphatic carbocycles. The Kier molecular flexibility index (Phi) is 5.99. The van der Waals surface area contributed by atoms with Crippen LogP contribution in [0.15, 0.2) is 42.5 Å². The van der Waals surface area contributed by atoms with Crippen molar-refractivity contribution in [1.82, 2.24) is 9.55 Å². The maximum atomic E-state index is 13.2. The fourth-order valence-corrected chi connectivity index (χ4v) is 3.06. The van der Waals surface area contributed by atoms with Crippen LogP contribution in [0.25, 0.3) is 11.0 Å². The van der Waals surface area contributed by atoms with Gasteiger partial charge in [0.05, 0.1) is 26.8 Å². The number of ether oxygens (including phenoxy) is 1. The second-order valence-electron chi connectivity index (χ2n) is 5.81. The molecule has 0 unspecified atom stereocenters. The molecule has 0 aliphatic heterocycles.